The lowest BCUT2D eigenvalue weighted by Crippen LogP contribution is -2.23. The van der Waals surface area contributed by atoms with Crippen LogP contribution in [0.15, 0.2) is 45.3 Å². The number of rotatable bonds is 4. The Kier molecular flexibility index (Phi) is 6.13. The predicted molar refractivity (Wildman–Crippen MR) is 96.1 cm³/mol. The molecule has 6 nitrogen and oxygen atoms in total. The molecule has 0 bridgehead atoms. The van der Waals surface area contributed by atoms with Gasteiger partial charge in [0.2, 0.25) is 0 Å². The van der Waals surface area contributed by atoms with Crippen LogP contribution in [0.2, 0.25) is 0 Å². The summed E-state index contributed by atoms with van der Waals surface area (Å²) < 4.78 is 42.1. The van der Waals surface area contributed by atoms with E-state index >= 15 is 0 Å². The quantitative estimate of drug-likeness (QED) is 0.564. The molecule has 0 unspecified atom stereocenters. The molecule has 0 spiro atoms. The summed E-state index contributed by atoms with van der Waals surface area (Å²) in [7, 11) is 0. The van der Waals surface area contributed by atoms with Crippen molar-refractivity contribution in [2.24, 2.45) is 5.73 Å². The SMILES string of the molecule is NC(=O)c1ccc(OC(F)(F)F)cc1NC(=O)Nc1cc(Br)cc(Br)c1. The normalized spacial score (nSPS) is 11.0. The third-order valence-corrected chi connectivity index (χ3v) is 3.77. The maximum absolute atomic E-state index is 12.3. The molecule has 0 heterocycles. The molecular formula is C15H10Br2F3N3O3. The first-order valence-corrected chi connectivity index (χ1v) is 8.36. The average Bonchev–Trinajstić information content (AvgIpc) is 2.43. The summed E-state index contributed by atoms with van der Waals surface area (Å²) in [6.07, 6.45) is -4.92. The van der Waals surface area contributed by atoms with Crippen LogP contribution in [0.5, 0.6) is 5.75 Å². The largest absolute Gasteiger partial charge is 0.573 e. The number of nitrogens with two attached hydrogens (primary N) is 1. The summed E-state index contributed by atoms with van der Waals surface area (Å²) in [6, 6.07) is 6.94. The minimum atomic E-state index is -4.92. The van der Waals surface area contributed by atoms with E-state index in [9.17, 15) is 22.8 Å². The Morgan fingerprint density at radius 3 is 2.15 bits per heavy atom. The molecule has 11 heteroatoms. The molecule has 0 aliphatic rings. The fourth-order valence-corrected chi connectivity index (χ4v) is 3.24. The lowest BCUT2D eigenvalue weighted by atomic mass is 10.1. The number of benzene rings is 2. The van der Waals surface area contributed by atoms with Gasteiger partial charge in [-0.25, -0.2) is 4.79 Å². The number of hydrogen-bond acceptors (Lipinski definition) is 3. The van der Waals surface area contributed by atoms with Crippen molar-refractivity contribution in [1.29, 1.82) is 0 Å². The molecule has 0 saturated heterocycles. The molecule has 0 radical (unpaired) electrons. The van der Waals surface area contributed by atoms with Crippen LogP contribution in [0.25, 0.3) is 0 Å². The molecule has 2 aromatic carbocycles. The van der Waals surface area contributed by atoms with Crippen LogP contribution in [-0.2, 0) is 0 Å². The second-order valence-electron chi connectivity index (χ2n) is 4.86. The lowest BCUT2D eigenvalue weighted by Gasteiger charge is -2.14. The number of anilines is 2. The monoisotopic (exact) mass is 495 g/mol. The van der Waals surface area contributed by atoms with E-state index in [0.717, 1.165) is 18.2 Å². The molecular weight excluding hydrogens is 487 g/mol. The van der Waals surface area contributed by atoms with Gasteiger partial charge in [-0.15, -0.1) is 13.2 Å². The van der Waals surface area contributed by atoms with Crippen molar-refractivity contribution in [3.05, 3.63) is 50.9 Å². The van der Waals surface area contributed by atoms with Gasteiger partial charge in [-0.2, -0.15) is 0 Å². The van der Waals surface area contributed by atoms with Crippen molar-refractivity contribution >= 4 is 55.2 Å². The smallest absolute Gasteiger partial charge is 0.406 e. The summed E-state index contributed by atoms with van der Waals surface area (Å²) in [5, 5.41) is 4.76. The predicted octanol–water partition coefficient (Wildman–Crippen LogP) is 4.85. The highest BCUT2D eigenvalue weighted by atomic mass is 79.9. The standard InChI is InChI=1S/C15H10Br2F3N3O3/c16-7-3-8(17)5-9(4-7)22-14(25)23-12-6-10(26-15(18,19)20)1-2-11(12)13(21)24/h1-6H,(H2,21,24)(H2,22,23,25). The van der Waals surface area contributed by atoms with E-state index in [1.165, 1.54) is 0 Å². The van der Waals surface area contributed by atoms with E-state index in [4.69, 9.17) is 5.73 Å². The van der Waals surface area contributed by atoms with E-state index in [2.05, 4.69) is 47.2 Å². The van der Waals surface area contributed by atoms with E-state index in [0.29, 0.717) is 14.6 Å². The van der Waals surface area contributed by atoms with Gasteiger partial charge in [0, 0.05) is 20.7 Å². The molecule has 0 saturated carbocycles. The Bertz CT molecular complexity index is 840. The maximum atomic E-state index is 12.3. The molecule has 2 aromatic rings. The van der Waals surface area contributed by atoms with Crippen molar-refractivity contribution in [2.45, 2.75) is 6.36 Å². The van der Waals surface area contributed by atoms with Gasteiger partial charge in [0.25, 0.3) is 5.91 Å². The van der Waals surface area contributed by atoms with Crippen LogP contribution in [0, 0.1) is 0 Å². The third-order valence-electron chi connectivity index (χ3n) is 2.86. The topological polar surface area (TPSA) is 93.5 Å². The van der Waals surface area contributed by atoms with Crippen molar-refractivity contribution in [3.8, 4) is 5.75 Å². The number of amides is 3. The molecule has 0 aliphatic carbocycles. The van der Waals surface area contributed by atoms with Gasteiger partial charge in [0.05, 0.1) is 11.3 Å². The van der Waals surface area contributed by atoms with Crippen LogP contribution in [0.3, 0.4) is 0 Å². The van der Waals surface area contributed by atoms with E-state index in [-0.39, 0.29) is 11.3 Å². The van der Waals surface area contributed by atoms with E-state index < -0.39 is 24.1 Å². The Hall–Kier alpha value is -2.27. The minimum absolute atomic E-state index is 0.176. The average molecular weight is 497 g/mol. The lowest BCUT2D eigenvalue weighted by molar-refractivity contribution is -0.274. The second-order valence-corrected chi connectivity index (χ2v) is 6.69. The highest BCUT2D eigenvalue weighted by Crippen LogP contribution is 2.28. The number of ether oxygens (including phenoxy) is 1. The highest BCUT2D eigenvalue weighted by molar-refractivity contribution is 9.11. The second kappa shape index (κ2) is 7.96. The number of carbonyl (C=O) groups excluding carboxylic acids is 2. The molecule has 138 valence electrons. The molecule has 0 atom stereocenters. The van der Waals surface area contributed by atoms with Gasteiger partial charge in [-0.1, -0.05) is 31.9 Å². The molecule has 26 heavy (non-hydrogen) atoms. The first-order valence-electron chi connectivity index (χ1n) is 6.77. The molecule has 0 fully saturated rings. The maximum Gasteiger partial charge on any atom is 0.573 e. The van der Waals surface area contributed by atoms with Crippen molar-refractivity contribution < 1.29 is 27.5 Å². The summed E-state index contributed by atoms with van der Waals surface area (Å²) in [6.45, 7) is 0. The van der Waals surface area contributed by atoms with Crippen molar-refractivity contribution in [1.82, 2.24) is 0 Å². The Morgan fingerprint density at radius 2 is 1.62 bits per heavy atom. The van der Waals surface area contributed by atoms with Gasteiger partial charge in [0.15, 0.2) is 0 Å². The van der Waals surface area contributed by atoms with E-state index in [1.54, 1.807) is 18.2 Å². The zero-order valence-electron chi connectivity index (χ0n) is 12.7. The highest BCUT2D eigenvalue weighted by Gasteiger charge is 2.31. The molecule has 3 amide bonds. The van der Waals surface area contributed by atoms with Gasteiger partial charge in [0.1, 0.15) is 5.75 Å². The number of urea groups is 1. The van der Waals surface area contributed by atoms with Crippen LogP contribution >= 0.6 is 31.9 Å². The minimum Gasteiger partial charge on any atom is -0.406 e. The summed E-state index contributed by atoms with van der Waals surface area (Å²) in [5.74, 6) is -1.54. The number of hydrogen-bond donors (Lipinski definition) is 3. The Morgan fingerprint density at radius 1 is 1.00 bits per heavy atom. The van der Waals surface area contributed by atoms with E-state index in [1.807, 2.05) is 0 Å². The summed E-state index contributed by atoms with van der Waals surface area (Å²) >= 11 is 6.50. The van der Waals surface area contributed by atoms with Crippen LogP contribution in [0.4, 0.5) is 29.3 Å². The van der Waals surface area contributed by atoms with Crippen molar-refractivity contribution in [3.63, 3.8) is 0 Å². The number of nitrogens with one attached hydrogen (secondary N) is 2. The molecule has 0 aliphatic heterocycles. The number of alkyl halides is 3. The first kappa shape index (κ1) is 20.0. The Labute approximate surface area is 162 Å². The summed E-state index contributed by atoms with van der Waals surface area (Å²) in [4.78, 5) is 23.5. The zero-order chi connectivity index (χ0) is 19.5. The van der Waals surface area contributed by atoms with Crippen LogP contribution in [-0.4, -0.2) is 18.3 Å². The number of carbonyl (C=O) groups is 2. The van der Waals surface area contributed by atoms with Crippen molar-refractivity contribution in [2.75, 3.05) is 10.6 Å². The Balaban J connectivity index is 2.23. The molecule has 0 aromatic heterocycles. The fraction of sp³-hybridized carbons (Fsp3) is 0.0667. The molecule has 4 N–H and O–H groups in total. The first-order chi connectivity index (χ1) is 12.0. The number of halogens is 5. The molecule has 2 rings (SSSR count). The van der Waals surface area contributed by atoms with Crippen LogP contribution in [0.1, 0.15) is 10.4 Å². The van der Waals surface area contributed by atoms with Gasteiger partial charge < -0.3 is 21.1 Å². The number of primary amides is 1. The van der Waals surface area contributed by atoms with Gasteiger partial charge >= 0.3 is 12.4 Å². The fourth-order valence-electron chi connectivity index (χ4n) is 1.95. The van der Waals surface area contributed by atoms with Gasteiger partial charge in [-0.05, 0) is 30.3 Å². The third kappa shape index (κ3) is 5.92. The van der Waals surface area contributed by atoms with Crippen LogP contribution < -0.4 is 21.1 Å². The van der Waals surface area contributed by atoms with Gasteiger partial charge in [-0.3, -0.25) is 4.79 Å². The zero-order valence-corrected chi connectivity index (χ0v) is 15.8. The summed E-state index contributed by atoms with van der Waals surface area (Å²) in [5.41, 5.74) is 5.16.